The second-order valence-electron chi connectivity index (χ2n) is 6.11. The van der Waals surface area contributed by atoms with Crippen LogP contribution in [0.25, 0.3) is 0 Å². The summed E-state index contributed by atoms with van der Waals surface area (Å²) in [5, 5.41) is 3.32. The molecule has 1 aliphatic heterocycles. The summed E-state index contributed by atoms with van der Waals surface area (Å²) in [7, 11) is 0. The fourth-order valence-corrected chi connectivity index (χ4v) is 3.04. The Kier molecular flexibility index (Phi) is 4.69. The van der Waals surface area contributed by atoms with Gasteiger partial charge < -0.3 is 10.2 Å². The van der Waals surface area contributed by atoms with E-state index in [9.17, 15) is 4.79 Å². The van der Waals surface area contributed by atoms with Crippen LogP contribution in [0.3, 0.4) is 0 Å². The molecule has 0 aromatic heterocycles. The van der Waals surface area contributed by atoms with Crippen LogP contribution in [-0.2, 0) is 4.79 Å². The molecule has 3 nitrogen and oxygen atoms in total. The molecule has 1 amide bonds. The zero-order chi connectivity index (χ0) is 14.7. The molecule has 1 aromatic rings. The predicted octanol–water partition coefficient (Wildman–Crippen LogP) is 3.58. The minimum Gasteiger partial charge on any atom is -0.374 e. The third kappa shape index (κ3) is 3.33. The molecule has 1 aromatic carbocycles. The maximum absolute atomic E-state index is 12.7. The van der Waals surface area contributed by atoms with Crippen molar-refractivity contribution in [1.82, 2.24) is 4.90 Å². The highest BCUT2D eigenvalue weighted by molar-refractivity contribution is 5.85. The molecule has 0 unspecified atom stereocenters. The molecule has 1 heterocycles. The average Bonchev–Trinajstić information content (AvgIpc) is 2.41. The van der Waals surface area contributed by atoms with Crippen LogP contribution in [-0.4, -0.2) is 28.9 Å². The minimum atomic E-state index is -0.180. The Morgan fingerprint density at radius 2 is 1.75 bits per heavy atom. The Morgan fingerprint density at radius 3 is 2.30 bits per heavy atom. The number of piperidine rings is 1. The first-order chi connectivity index (χ1) is 9.49. The standard InChI is InChI=1S/C17H26N2O/c1-12-8-10-16(11-9-12)18-15(4)17(20)19-13(2)6-5-7-14(19)3/h8-11,13-15,18H,5-7H2,1-4H3/t13-,14+,15-/m1/s1. The Bertz CT molecular complexity index is 445. The van der Waals surface area contributed by atoms with Crippen LogP contribution in [0.5, 0.6) is 0 Å². The van der Waals surface area contributed by atoms with E-state index in [0.717, 1.165) is 18.5 Å². The van der Waals surface area contributed by atoms with Crippen molar-refractivity contribution < 1.29 is 4.79 Å². The normalized spacial score (nSPS) is 24.3. The first kappa shape index (κ1) is 14.9. The molecule has 3 atom stereocenters. The van der Waals surface area contributed by atoms with Crippen LogP contribution in [0.15, 0.2) is 24.3 Å². The number of nitrogens with zero attached hydrogens (tertiary/aromatic N) is 1. The lowest BCUT2D eigenvalue weighted by atomic mass is 9.96. The molecule has 0 bridgehead atoms. The molecule has 0 aliphatic carbocycles. The van der Waals surface area contributed by atoms with Crippen LogP contribution in [0.1, 0.15) is 45.6 Å². The van der Waals surface area contributed by atoms with Gasteiger partial charge in [0, 0.05) is 17.8 Å². The molecule has 1 saturated heterocycles. The second-order valence-corrected chi connectivity index (χ2v) is 6.11. The van der Waals surface area contributed by atoms with Gasteiger partial charge in [-0.1, -0.05) is 17.7 Å². The third-order valence-electron chi connectivity index (χ3n) is 4.25. The number of rotatable bonds is 3. The van der Waals surface area contributed by atoms with Gasteiger partial charge in [0.15, 0.2) is 0 Å². The molecule has 3 heteroatoms. The molecule has 20 heavy (non-hydrogen) atoms. The van der Waals surface area contributed by atoms with Crippen LogP contribution in [0, 0.1) is 6.92 Å². The Hall–Kier alpha value is -1.51. The van der Waals surface area contributed by atoms with Gasteiger partial charge in [-0.25, -0.2) is 0 Å². The summed E-state index contributed by atoms with van der Waals surface area (Å²) in [5.41, 5.74) is 2.24. The monoisotopic (exact) mass is 274 g/mol. The third-order valence-corrected chi connectivity index (χ3v) is 4.25. The van der Waals surface area contributed by atoms with E-state index in [1.165, 1.54) is 12.0 Å². The highest BCUT2D eigenvalue weighted by atomic mass is 16.2. The molecule has 1 aliphatic rings. The molecule has 0 radical (unpaired) electrons. The fraction of sp³-hybridized carbons (Fsp3) is 0.588. The van der Waals surface area contributed by atoms with Crippen LogP contribution in [0.2, 0.25) is 0 Å². The minimum absolute atomic E-state index is 0.180. The van der Waals surface area contributed by atoms with Gasteiger partial charge in [-0.3, -0.25) is 4.79 Å². The Labute approximate surface area is 122 Å². The van der Waals surface area contributed by atoms with Gasteiger partial charge in [0.1, 0.15) is 6.04 Å². The first-order valence-corrected chi connectivity index (χ1v) is 7.64. The maximum atomic E-state index is 12.7. The van der Waals surface area contributed by atoms with Crippen LogP contribution < -0.4 is 5.32 Å². The number of hydrogen-bond donors (Lipinski definition) is 1. The number of aryl methyl sites for hydroxylation is 1. The van der Waals surface area contributed by atoms with E-state index in [1.54, 1.807) is 0 Å². The molecule has 0 spiro atoms. The number of likely N-dealkylation sites (tertiary alicyclic amines) is 1. The van der Waals surface area contributed by atoms with E-state index < -0.39 is 0 Å². The van der Waals surface area contributed by atoms with Crippen molar-refractivity contribution in [1.29, 1.82) is 0 Å². The summed E-state index contributed by atoms with van der Waals surface area (Å²) in [5.74, 6) is 0.213. The summed E-state index contributed by atoms with van der Waals surface area (Å²) in [4.78, 5) is 14.7. The quantitative estimate of drug-likeness (QED) is 0.913. The zero-order valence-corrected chi connectivity index (χ0v) is 13.0. The predicted molar refractivity (Wildman–Crippen MR) is 83.9 cm³/mol. The van der Waals surface area contributed by atoms with Gasteiger partial charge in [0.05, 0.1) is 0 Å². The van der Waals surface area contributed by atoms with E-state index in [1.807, 2.05) is 19.1 Å². The highest BCUT2D eigenvalue weighted by Crippen LogP contribution is 2.24. The van der Waals surface area contributed by atoms with Crippen molar-refractivity contribution in [3.05, 3.63) is 29.8 Å². The average molecular weight is 274 g/mol. The van der Waals surface area contributed by atoms with Gasteiger partial charge in [0.25, 0.3) is 0 Å². The van der Waals surface area contributed by atoms with Gasteiger partial charge in [-0.15, -0.1) is 0 Å². The van der Waals surface area contributed by atoms with Crippen molar-refractivity contribution in [2.24, 2.45) is 0 Å². The topological polar surface area (TPSA) is 32.3 Å². The van der Waals surface area contributed by atoms with Crippen molar-refractivity contribution in [2.75, 3.05) is 5.32 Å². The number of carbonyl (C=O) groups is 1. The number of hydrogen-bond acceptors (Lipinski definition) is 2. The van der Waals surface area contributed by atoms with E-state index in [-0.39, 0.29) is 11.9 Å². The van der Waals surface area contributed by atoms with Gasteiger partial charge in [-0.05, 0) is 59.1 Å². The molecule has 1 fully saturated rings. The number of carbonyl (C=O) groups excluding carboxylic acids is 1. The van der Waals surface area contributed by atoms with Crippen LogP contribution >= 0.6 is 0 Å². The van der Waals surface area contributed by atoms with Gasteiger partial charge >= 0.3 is 0 Å². The van der Waals surface area contributed by atoms with Crippen LogP contribution in [0.4, 0.5) is 5.69 Å². The van der Waals surface area contributed by atoms with Crippen molar-refractivity contribution in [3.63, 3.8) is 0 Å². The summed E-state index contributed by atoms with van der Waals surface area (Å²) < 4.78 is 0. The number of anilines is 1. The molecule has 2 rings (SSSR count). The molecule has 1 N–H and O–H groups in total. The zero-order valence-electron chi connectivity index (χ0n) is 13.0. The lowest BCUT2D eigenvalue weighted by molar-refractivity contribution is -0.137. The largest absolute Gasteiger partial charge is 0.374 e. The molecule has 0 saturated carbocycles. The highest BCUT2D eigenvalue weighted by Gasteiger charge is 2.31. The lowest BCUT2D eigenvalue weighted by Gasteiger charge is -2.40. The lowest BCUT2D eigenvalue weighted by Crippen LogP contribution is -2.52. The summed E-state index contributed by atoms with van der Waals surface area (Å²) >= 11 is 0. The molecular weight excluding hydrogens is 248 g/mol. The van der Waals surface area contributed by atoms with E-state index in [4.69, 9.17) is 0 Å². The van der Waals surface area contributed by atoms with Crippen molar-refractivity contribution >= 4 is 11.6 Å². The van der Waals surface area contributed by atoms with E-state index >= 15 is 0 Å². The fourth-order valence-electron chi connectivity index (χ4n) is 3.04. The van der Waals surface area contributed by atoms with Crippen molar-refractivity contribution in [2.45, 2.75) is 65.1 Å². The Morgan fingerprint density at radius 1 is 1.20 bits per heavy atom. The van der Waals surface area contributed by atoms with E-state index in [0.29, 0.717) is 12.1 Å². The van der Waals surface area contributed by atoms with E-state index in [2.05, 4.69) is 43.1 Å². The smallest absolute Gasteiger partial charge is 0.245 e. The van der Waals surface area contributed by atoms with Crippen molar-refractivity contribution in [3.8, 4) is 0 Å². The second kappa shape index (κ2) is 6.29. The summed E-state index contributed by atoms with van der Waals surface area (Å²) in [6.45, 7) is 8.34. The Balaban J connectivity index is 2.02. The van der Waals surface area contributed by atoms with Gasteiger partial charge in [0.2, 0.25) is 5.91 Å². The molecular formula is C17H26N2O. The number of amides is 1. The number of benzene rings is 1. The summed E-state index contributed by atoms with van der Waals surface area (Å²) in [6, 6.07) is 8.71. The molecule has 110 valence electrons. The van der Waals surface area contributed by atoms with Gasteiger partial charge in [-0.2, -0.15) is 0 Å². The first-order valence-electron chi connectivity index (χ1n) is 7.64. The number of nitrogens with one attached hydrogen (secondary N) is 1. The SMILES string of the molecule is Cc1ccc(N[C@H](C)C(=O)N2[C@H](C)CCC[C@@H]2C)cc1. The summed E-state index contributed by atoms with van der Waals surface area (Å²) in [6.07, 6.45) is 3.46. The maximum Gasteiger partial charge on any atom is 0.245 e.